The second-order valence-corrected chi connectivity index (χ2v) is 16.8. The van der Waals surface area contributed by atoms with Crippen LogP contribution in [0, 0.1) is 0 Å². The Morgan fingerprint density at radius 2 is 0.741 bits per heavy atom. The predicted octanol–water partition coefficient (Wildman–Crippen LogP) is 14.0. The minimum absolute atomic E-state index is 0.123. The van der Waals surface area contributed by atoms with E-state index < -0.39 is 0 Å². The Morgan fingerprint density at radius 3 is 1.26 bits per heavy atom. The van der Waals surface area contributed by atoms with Crippen LogP contribution < -0.4 is 0 Å². The number of hydrogen-bond donors (Lipinski definition) is 0. The first-order valence-electron chi connectivity index (χ1n) is 20.2. The molecule has 0 saturated heterocycles. The van der Waals surface area contributed by atoms with Gasteiger partial charge < -0.3 is 0 Å². The Labute approximate surface area is 339 Å². The molecule has 0 spiro atoms. The molecule has 3 nitrogen and oxygen atoms in total. The molecule has 2 aliphatic rings. The lowest BCUT2D eigenvalue weighted by Gasteiger charge is -2.23. The van der Waals surface area contributed by atoms with E-state index in [-0.39, 0.29) is 10.8 Å². The van der Waals surface area contributed by atoms with Crippen molar-refractivity contribution in [2.75, 3.05) is 0 Å². The Hall–Kier alpha value is -6.97. The maximum atomic E-state index is 5.71. The number of rotatable bonds is 5. The quantitative estimate of drug-likeness (QED) is 0.176. The molecule has 0 aliphatic heterocycles. The van der Waals surface area contributed by atoms with Crippen molar-refractivity contribution in [2.45, 2.75) is 38.5 Å². The van der Waals surface area contributed by atoms with Gasteiger partial charge >= 0.3 is 0 Å². The molecule has 2 heterocycles. The lowest BCUT2D eigenvalue weighted by atomic mass is 9.81. The van der Waals surface area contributed by atoms with Gasteiger partial charge in [0.05, 0.1) is 28.1 Å². The summed E-state index contributed by atoms with van der Waals surface area (Å²) in [6.45, 7) is 9.37. The van der Waals surface area contributed by atoms with E-state index >= 15 is 0 Å². The zero-order valence-corrected chi connectivity index (χ0v) is 33.1. The molecule has 0 fully saturated rings. The van der Waals surface area contributed by atoms with Crippen LogP contribution >= 0.6 is 0 Å². The van der Waals surface area contributed by atoms with E-state index in [0.29, 0.717) is 0 Å². The van der Waals surface area contributed by atoms with Gasteiger partial charge in [-0.05, 0) is 79.9 Å². The summed E-state index contributed by atoms with van der Waals surface area (Å²) < 4.78 is 0. The third kappa shape index (κ3) is 5.16. The molecule has 0 saturated carbocycles. The van der Waals surface area contributed by atoms with Gasteiger partial charge in [0.1, 0.15) is 0 Å². The SMILES string of the molecule is CC1(C)c2ccccc2-c2ccc(-c3ccc(-c4ccc5c(c4)C(C)(C)c4ccccc4-5)c4nc(-c5ccc(-c6ccccn6)cc5)c(-c5ccccc5)nc34)cc21. The summed E-state index contributed by atoms with van der Waals surface area (Å²) in [5.41, 5.74) is 22.4. The highest BCUT2D eigenvalue weighted by molar-refractivity contribution is 6.04. The first-order valence-corrected chi connectivity index (χ1v) is 20.2. The van der Waals surface area contributed by atoms with Crippen molar-refractivity contribution in [1.29, 1.82) is 0 Å². The van der Waals surface area contributed by atoms with Gasteiger partial charge in [-0.3, -0.25) is 4.98 Å². The normalized spacial score (nSPS) is 14.1. The van der Waals surface area contributed by atoms with E-state index in [1.54, 1.807) is 0 Å². The van der Waals surface area contributed by atoms with Crippen LogP contribution in [0.2, 0.25) is 0 Å². The summed E-state index contributed by atoms with van der Waals surface area (Å²) in [5.74, 6) is 0. The third-order valence-electron chi connectivity index (χ3n) is 12.8. The third-order valence-corrected chi connectivity index (χ3v) is 12.8. The van der Waals surface area contributed by atoms with Crippen molar-refractivity contribution in [1.82, 2.24) is 15.0 Å². The van der Waals surface area contributed by atoms with Crippen LogP contribution in [-0.4, -0.2) is 15.0 Å². The molecule has 0 amide bonds. The van der Waals surface area contributed by atoms with Crippen LogP contribution in [-0.2, 0) is 10.8 Å². The van der Waals surface area contributed by atoms with Crippen LogP contribution in [0.15, 0.2) is 176 Å². The summed E-state index contributed by atoms with van der Waals surface area (Å²) >= 11 is 0. The van der Waals surface area contributed by atoms with Crippen molar-refractivity contribution >= 4 is 11.0 Å². The Morgan fingerprint density at radius 1 is 0.328 bits per heavy atom. The van der Waals surface area contributed by atoms with Crippen LogP contribution in [0.3, 0.4) is 0 Å². The molecule has 0 bridgehead atoms. The molecular weight excluding hydrogens is 703 g/mol. The standard InChI is InChI=1S/C55H41N3/c1-54(2)45-18-10-8-16-41(45)43-27-25-37(32-47(43)54)39-29-30-40(38-26-28-44-42-17-9-11-19-46(42)55(3,4)48(44)33-38)53-52(39)57-50(35-14-6-5-7-15-35)51(58-53)36-23-21-34(22-24-36)49-20-12-13-31-56-49/h5-33H,1-4H3. The molecule has 0 radical (unpaired) electrons. The molecule has 3 heteroatoms. The van der Waals surface area contributed by atoms with E-state index in [0.717, 1.165) is 67.1 Å². The molecule has 0 atom stereocenters. The van der Waals surface area contributed by atoms with E-state index in [9.17, 15) is 0 Å². The number of fused-ring (bicyclic) bond motifs is 7. The highest BCUT2D eigenvalue weighted by Gasteiger charge is 2.37. The lowest BCUT2D eigenvalue weighted by molar-refractivity contribution is 0.660. The van der Waals surface area contributed by atoms with Crippen molar-refractivity contribution in [3.05, 3.63) is 198 Å². The highest BCUT2D eigenvalue weighted by atomic mass is 14.8. The molecule has 7 aromatic carbocycles. The first-order chi connectivity index (χ1) is 28.3. The van der Waals surface area contributed by atoms with E-state index in [4.69, 9.17) is 9.97 Å². The maximum absolute atomic E-state index is 5.71. The van der Waals surface area contributed by atoms with Gasteiger partial charge in [-0.1, -0.05) is 173 Å². The first kappa shape index (κ1) is 34.3. The van der Waals surface area contributed by atoms with Gasteiger partial charge in [-0.2, -0.15) is 0 Å². The van der Waals surface area contributed by atoms with Crippen LogP contribution in [0.1, 0.15) is 49.9 Å². The summed E-state index contributed by atoms with van der Waals surface area (Å²) in [7, 11) is 0. The number of nitrogens with zero attached hydrogens (tertiary/aromatic N) is 3. The minimum Gasteiger partial charge on any atom is -0.256 e. The highest BCUT2D eigenvalue weighted by Crippen LogP contribution is 2.52. The van der Waals surface area contributed by atoms with Crippen LogP contribution in [0.4, 0.5) is 0 Å². The molecule has 0 N–H and O–H groups in total. The fraction of sp³-hybridized carbons (Fsp3) is 0.109. The second kappa shape index (κ2) is 12.8. The van der Waals surface area contributed by atoms with Gasteiger partial charge in [0, 0.05) is 44.8 Å². The van der Waals surface area contributed by atoms with Gasteiger partial charge in [-0.15, -0.1) is 0 Å². The predicted molar refractivity (Wildman–Crippen MR) is 240 cm³/mol. The molecule has 2 aromatic heterocycles. The molecule has 2 aliphatic carbocycles. The Bertz CT molecular complexity index is 3090. The van der Waals surface area contributed by atoms with Crippen molar-refractivity contribution in [3.63, 3.8) is 0 Å². The van der Waals surface area contributed by atoms with E-state index in [2.05, 4.69) is 184 Å². The minimum atomic E-state index is -0.126. The summed E-state index contributed by atoms with van der Waals surface area (Å²) in [5, 5.41) is 0. The zero-order chi connectivity index (χ0) is 39.2. The largest absolute Gasteiger partial charge is 0.256 e. The molecular formula is C55H41N3. The van der Waals surface area contributed by atoms with Gasteiger partial charge in [0.2, 0.25) is 0 Å². The molecule has 11 rings (SSSR count). The maximum Gasteiger partial charge on any atom is 0.0979 e. The fourth-order valence-corrected chi connectivity index (χ4v) is 9.68. The number of aromatic nitrogens is 3. The smallest absolute Gasteiger partial charge is 0.0979 e. The molecule has 58 heavy (non-hydrogen) atoms. The van der Waals surface area contributed by atoms with E-state index in [1.807, 2.05) is 24.4 Å². The number of pyridine rings is 1. The Balaban J connectivity index is 1.16. The summed E-state index contributed by atoms with van der Waals surface area (Å²) in [6.07, 6.45) is 1.84. The topological polar surface area (TPSA) is 38.7 Å². The second-order valence-electron chi connectivity index (χ2n) is 16.8. The average molecular weight is 744 g/mol. The molecule has 9 aromatic rings. The van der Waals surface area contributed by atoms with Gasteiger partial charge in [0.25, 0.3) is 0 Å². The summed E-state index contributed by atoms with van der Waals surface area (Å²) in [4.78, 5) is 16.0. The fourth-order valence-electron chi connectivity index (χ4n) is 9.68. The lowest BCUT2D eigenvalue weighted by Crippen LogP contribution is -2.15. The average Bonchev–Trinajstić information content (AvgIpc) is 3.65. The van der Waals surface area contributed by atoms with Gasteiger partial charge in [0.15, 0.2) is 0 Å². The number of hydrogen-bond acceptors (Lipinski definition) is 3. The van der Waals surface area contributed by atoms with Crippen LogP contribution in [0.5, 0.6) is 0 Å². The zero-order valence-electron chi connectivity index (χ0n) is 33.1. The van der Waals surface area contributed by atoms with E-state index in [1.165, 1.54) is 44.5 Å². The van der Waals surface area contributed by atoms with Crippen LogP contribution in [0.25, 0.3) is 89.3 Å². The molecule has 0 unspecified atom stereocenters. The number of benzene rings is 7. The van der Waals surface area contributed by atoms with Crippen molar-refractivity contribution < 1.29 is 0 Å². The monoisotopic (exact) mass is 743 g/mol. The van der Waals surface area contributed by atoms with Gasteiger partial charge in [-0.25, -0.2) is 9.97 Å². The summed E-state index contributed by atoms with van der Waals surface area (Å²) in [6, 6.07) is 61.3. The Kier molecular flexibility index (Phi) is 7.55. The van der Waals surface area contributed by atoms with Crippen molar-refractivity contribution in [2.24, 2.45) is 0 Å². The molecule has 276 valence electrons. The van der Waals surface area contributed by atoms with Crippen molar-refractivity contribution in [3.8, 4) is 78.3 Å².